The van der Waals surface area contributed by atoms with Crippen LogP contribution in [0.5, 0.6) is 0 Å². The molecule has 107 valence electrons. The summed E-state index contributed by atoms with van der Waals surface area (Å²) in [4.78, 5) is 2.79. The molecule has 0 radical (unpaired) electrons. The molecule has 2 aliphatic heterocycles. The first kappa shape index (κ1) is 14.7. The second-order valence-corrected chi connectivity index (χ2v) is 9.49. The Morgan fingerprint density at radius 3 is 2.18 bits per heavy atom. The summed E-state index contributed by atoms with van der Waals surface area (Å²) < 4.78 is 0.653. The van der Waals surface area contributed by atoms with Crippen molar-refractivity contribution >= 4 is 0 Å². The van der Waals surface area contributed by atoms with E-state index in [1.165, 1.54) is 11.1 Å². The number of rotatable bonds is 2. The third-order valence-corrected chi connectivity index (χ3v) is 8.79. The van der Waals surface area contributed by atoms with E-state index in [0.717, 1.165) is 6.42 Å². The first-order chi connectivity index (χ1) is 10.7. The van der Waals surface area contributed by atoms with Crippen LogP contribution in [0.25, 0.3) is 0 Å². The molecule has 3 unspecified atom stereocenters. The number of hydrogen-bond donors (Lipinski definition) is 0. The summed E-state index contributed by atoms with van der Waals surface area (Å²) >= 11 is 0.684. The van der Waals surface area contributed by atoms with Crippen LogP contribution in [0, 0.1) is 0 Å². The third-order valence-electron chi connectivity index (χ3n) is 5.44. The Kier molecular flexibility index (Phi) is 3.74. The number of fused-ring (bicyclic) bond motifs is 6. The second kappa shape index (κ2) is 5.61. The maximum atomic E-state index is 4.02. The first-order valence-electron chi connectivity index (χ1n) is 8.13. The van der Waals surface area contributed by atoms with Crippen molar-refractivity contribution < 1.29 is 26.1 Å². The Morgan fingerprint density at radius 1 is 1.00 bits per heavy atom. The molecule has 0 saturated carbocycles. The van der Waals surface area contributed by atoms with E-state index < -0.39 is 0 Å². The van der Waals surface area contributed by atoms with E-state index in [0.29, 0.717) is 47.7 Å². The first-order valence-corrected chi connectivity index (χ1v) is 11.3. The van der Waals surface area contributed by atoms with Crippen molar-refractivity contribution in [3.05, 3.63) is 83.4 Å². The van der Waals surface area contributed by atoms with Crippen LogP contribution in [0.15, 0.2) is 61.2 Å². The molecule has 0 aliphatic carbocycles. The molecule has 2 aromatic carbocycles. The van der Waals surface area contributed by atoms with Crippen molar-refractivity contribution in [2.45, 2.75) is 34.9 Å². The molecule has 0 fully saturated rings. The monoisotopic (exact) mass is 476 g/mol. The molecule has 4 rings (SSSR count). The summed E-state index contributed by atoms with van der Waals surface area (Å²) in [5.41, 5.74) is 6.20. The van der Waals surface area contributed by atoms with Gasteiger partial charge in [-0.3, -0.25) is 0 Å². The van der Waals surface area contributed by atoms with Crippen LogP contribution in [0.1, 0.15) is 51.1 Å². The van der Waals surface area contributed by atoms with Gasteiger partial charge in [0.1, 0.15) is 0 Å². The minimum absolute atomic E-state index is 0.496. The van der Waals surface area contributed by atoms with Crippen molar-refractivity contribution in [3.8, 4) is 0 Å². The van der Waals surface area contributed by atoms with Gasteiger partial charge in [-0.2, -0.15) is 0 Å². The minimum atomic E-state index is 0.496. The van der Waals surface area contributed by atoms with E-state index in [4.69, 9.17) is 0 Å². The van der Waals surface area contributed by atoms with Crippen molar-refractivity contribution in [1.29, 1.82) is 0 Å². The summed E-state index contributed by atoms with van der Waals surface area (Å²) in [6.45, 7) is 6.44. The third kappa shape index (κ3) is 1.98. The van der Waals surface area contributed by atoms with Gasteiger partial charge < -0.3 is 0 Å². The Balaban J connectivity index is 1.99. The molecular weight excluding hydrogens is 455 g/mol. The van der Waals surface area contributed by atoms with Crippen molar-refractivity contribution in [2.24, 2.45) is 0 Å². The molecule has 2 bridgehead atoms. The van der Waals surface area contributed by atoms with Gasteiger partial charge in [0.25, 0.3) is 0 Å². The summed E-state index contributed by atoms with van der Waals surface area (Å²) in [7, 11) is 0. The summed E-state index contributed by atoms with van der Waals surface area (Å²) in [6, 6.07) is 19.3. The van der Waals surface area contributed by atoms with E-state index in [2.05, 4.69) is 73.0 Å². The average Bonchev–Trinajstić information content (AvgIpc) is 2.54. The number of hydrogen-bond acceptors (Lipinski definition) is 1. The second-order valence-electron chi connectivity index (χ2n) is 6.48. The summed E-state index contributed by atoms with van der Waals surface area (Å²) in [5.74, 6) is 0.522. The molecule has 2 aliphatic rings. The van der Waals surface area contributed by atoms with Crippen molar-refractivity contribution in [2.75, 3.05) is 0 Å². The van der Waals surface area contributed by atoms with Crippen LogP contribution >= 0.6 is 0 Å². The van der Waals surface area contributed by atoms with Crippen LogP contribution < -0.4 is 0 Å². The Hall–Kier alpha value is -0.925. The molecule has 0 aromatic heterocycles. The topological polar surface area (TPSA) is 3.24 Å². The zero-order chi connectivity index (χ0) is 15.3. The summed E-state index contributed by atoms with van der Waals surface area (Å²) in [5, 5.41) is 0. The van der Waals surface area contributed by atoms with Crippen LogP contribution in [0.4, 0.5) is 0 Å². The predicted octanol–water partition coefficient (Wildman–Crippen LogP) is 4.70. The van der Waals surface area contributed by atoms with Gasteiger partial charge in [-0.05, 0) is 0 Å². The fourth-order valence-corrected chi connectivity index (χ4v) is 8.29. The van der Waals surface area contributed by atoms with Gasteiger partial charge in [0.05, 0.1) is 0 Å². The molecule has 0 spiro atoms. The van der Waals surface area contributed by atoms with Gasteiger partial charge in [0.2, 0.25) is 0 Å². The molecule has 22 heavy (non-hydrogen) atoms. The normalized spacial score (nSPS) is 32.0. The standard InChI is InChI=1S/C20H20N.Hg/c1-3-8-19-17-11-6-7-12-18(17)20-14(2)21(19)13-15-9-4-5-10-16(15)20;/h3-7,9-14,19-20H,1,8H2,2H3;/t14?,19-,20?;/m1./s1. The fourth-order valence-electron chi connectivity index (χ4n) is 4.57. The summed E-state index contributed by atoms with van der Waals surface area (Å²) in [6.07, 6.45) is 3.14. The van der Waals surface area contributed by atoms with Gasteiger partial charge in [0.15, 0.2) is 0 Å². The fraction of sp³-hybridized carbons (Fsp3) is 0.300. The molecule has 2 heteroatoms. The molecule has 0 saturated heterocycles. The van der Waals surface area contributed by atoms with E-state index in [1.807, 2.05) is 0 Å². The number of nitrogens with zero attached hydrogens (tertiary/aromatic N) is 1. The zero-order valence-corrected chi connectivity index (χ0v) is 18.6. The molecule has 1 nitrogen and oxygen atoms in total. The van der Waals surface area contributed by atoms with E-state index >= 15 is 0 Å². The molecule has 5 atom stereocenters. The van der Waals surface area contributed by atoms with Gasteiger partial charge in [-0.1, -0.05) is 0 Å². The maximum absolute atomic E-state index is 4.02. The van der Waals surface area contributed by atoms with Gasteiger partial charge in [-0.15, -0.1) is 0 Å². The van der Waals surface area contributed by atoms with Gasteiger partial charge >= 0.3 is 149 Å². The van der Waals surface area contributed by atoms with E-state index in [9.17, 15) is 0 Å². The Morgan fingerprint density at radius 2 is 1.55 bits per heavy atom. The van der Waals surface area contributed by atoms with Crippen LogP contribution in [-0.2, 0) is 26.1 Å². The number of benzene rings is 2. The van der Waals surface area contributed by atoms with Crippen LogP contribution in [0.3, 0.4) is 0 Å². The zero-order valence-electron chi connectivity index (χ0n) is 13.1. The molecule has 0 N–H and O–H groups in total. The quantitative estimate of drug-likeness (QED) is 0.450. The molecular formula is C20H20HgN. The van der Waals surface area contributed by atoms with Crippen molar-refractivity contribution in [3.63, 3.8) is 0 Å². The van der Waals surface area contributed by atoms with Crippen molar-refractivity contribution in [1.82, 2.24) is 4.90 Å². The Labute approximate surface area is 149 Å². The average molecular weight is 475 g/mol. The van der Waals surface area contributed by atoms with Gasteiger partial charge in [-0.25, -0.2) is 0 Å². The van der Waals surface area contributed by atoms with Crippen LogP contribution in [0.2, 0.25) is 0 Å². The van der Waals surface area contributed by atoms with Crippen LogP contribution in [-0.4, -0.2) is 10.9 Å². The molecule has 0 amide bonds. The Bertz CT molecular complexity index is 723. The molecule has 2 aromatic rings. The van der Waals surface area contributed by atoms with Gasteiger partial charge in [0, 0.05) is 0 Å². The van der Waals surface area contributed by atoms with E-state index in [1.54, 1.807) is 11.1 Å². The molecule has 2 heterocycles. The van der Waals surface area contributed by atoms with E-state index in [-0.39, 0.29) is 0 Å². The predicted molar refractivity (Wildman–Crippen MR) is 86.3 cm³/mol. The SMILES string of the molecule is C=CC[C@@H]1c2ccccc2C2c3ccccc3[C@H]([Hg])N1C2C.